The molecule has 1 aliphatic rings. The summed E-state index contributed by atoms with van der Waals surface area (Å²) in [6, 6.07) is 0. The van der Waals surface area contributed by atoms with Gasteiger partial charge in [-0.3, -0.25) is 14.6 Å². The molecule has 0 saturated carbocycles. The van der Waals surface area contributed by atoms with Gasteiger partial charge in [0.2, 0.25) is 0 Å². The maximum Gasteiger partial charge on any atom is 0.276 e. The van der Waals surface area contributed by atoms with Crippen LogP contribution in [0.5, 0.6) is 0 Å². The normalized spacial score (nSPS) is 16.5. The van der Waals surface area contributed by atoms with Crippen LogP contribution in [0.15, 0.2) is 12.4 Å². The molecule has 112 valence electrons. The van der Waals surface area contributed by atoms with Crippen molar-refractivity contribution in [1.29, 1.82) is 0 Å². The van der Waals surface area contributed by atoms with Crippen molar-refractivity contribution in [2.45, 2.75) is 46.6 Å². The Morgan fingerprint density at radius 2 is 2.33 bits per heavy atom. The number of hydrogen-bond acceptors (Lipinski definition) is 3. The average Bonchev–Trinajstić information content (AvgIpc) is 3.03. The SMILES string of the molecule is CCn1cc(NC(=O)c2n[nH]c3c2CCC(C)(C)C3)cn1. The highest BCUT2D eigenvalue weighted by atomic mass is 16.2. The number of H-pyrrole nitrogens is 1. The summed E-state index contributed by atoms with van der Waals surface area (Å²) in [5.74, 6) is -0.164. The molecule has 21 heavy (non-hydrogen) atoms. The predicted molar refractivity (Wildman–Crippen MR) is 80.2 cm³/mol. The molecule has 0 unspecified atom stereocenters. The molecule has 0 radical (unpaired) electrons. The fraction of sp³-hybridized carbons (Fsp3) is 0.533. The lowest BCUT2D eigenvalue weighted by molar-refractivity contribution is 0.102. The second-order valence-electron chi connectivity index (χ2n) is 6.41. The second-order valence-corrected chi connectivity index (χ2v) is 6.41. The van der Waals surface area contributed by atoms with Crippen LogP contribution >= 0.6 is 0 Å². The van der Waals surface area contributed by atoms with Crippen LogP contribution in [-0.2, 0) is 19.4 Å². The minimum absolute atomic E-state index is 0.164. The van der Waals surface area contributed by atoms with E-state index >= 15 is 0 Å². The summed E-state index contributed by atoms with van der Waals surface area (Å²) >= 11 is 0. The lowest BCUT2D eigenvalue weighted by atomic mass is 9.76. The Hall–Kier alpha value is -2.11. The van der Waals surface area contributed by atoms with E-state index in [0.29, 0.717) is 11.4 Å². The first-order valence-corrected chi connectivity index (χ1v) is 7.38. The van der Waals surface area contributed by atoms with E-state index in [4.69, 9.17) is 0 Å². The van der Waals surface area contributed by atoms with E-state index < -0.39 is 0 Å². The monoisotopic (exact) mass is 287 g/mol. The van der Waals surface area contributed by atoms with Crippen molar-refractivity contribution in [2.75, 3.05) is 5.32 Å². The molecule has 2 N–H and O–H groups in total. The summed E-state index contributed by atoms with van der Waals surface area (Å²) in [5.41, 5.74) is 3.66. The Labute approximate surface area is 123 Å². The molecule has 0 atom stereocenters. The third-order valence-electron chi connectivity index (χ3n) is 4.09. The van der Waals surface area contributed by atoms with Crippen LogP contribution in [0.3, 0.4) is 0 Å². The highest BCUT2D eigenvalue weighted by molar-refractivity contribution is 6.03. The van der Waals surface area contributed by atoms with E-state index in [-0.39, 0.29) is 11.3 Å². The molecule has 1 amide bonds. The topological polar surface area (TPSA) is 75.6 Å². The quantitative estimate of drug-likeness (QED) is 0.910. The fourth-order valence-corrected chi connectivity index (χ4v) is 2.83. The minimum Gasteiger partial charge on any atom is -0.318 e. The van der Waals surface area contributed by atoms with Gasteiger partial charge in [-0.2, -0.15) is 10.2 Å². The molecule has 6 heteroatoms. The van der Waals surface area contributed by atoms with E-state index in [1.54, 1.807) is 10.9 Å². The number of nitrogens with zero attached hydrogens (tertiary/aromatic N) is 3. The first kappa shape index (κ1) is 13.9. The molecule has 0 bridgehead atoms. The Morgan fingerprint density at radius 1 is 1.52 bits per heavy atom. The number of aromatic nitrogens is 4. The van der Waals surface area contributed by atoms with Crippen LogP contribution in [0.4, 0.5) is 5.69 Å². The summed E-state index contributed by atoms with van der Waals surface area (Å²) in [4.78, 5) is 12.4. The molecule has 0 aromatic carbocycles. The summed E-state index contributed by atoms with van der Waals surface area (Å²) in [6.45, 7) is 7.28. The van der Waals surface area contributed by atoms with E-state index in [0.717, 1.165) is 37.1 Å². The van der Waals surface area contributed by atoms with Gasteiger partial charge in [-0.05, 0) is 31.6 Å². The van der Waals surface area contributed by atoms with Gasteiger partial charge in [0.15, 0.2) is 5.69 Å². The molecular weight excluding hydrogens is 266 g/mol. The molecule has 1 aliphatic carbocycles. The maximum atomic E-state index is 12.4. The van der Waals surface area contributed by atoms with E-state index in [1.165, 1.54) is 0 Å². The van der Waals surface area contributed by atoms with Gasteiger partial charge in [-0.15, -0.1) is 0 Å². The van der Waals surface area contributed by atoms with Crippen molar-refractivity contribution < 1.29 is 4.79 Å². The summed E-state index contributed by atoms with van der Waals surface area (Å²) in [7, 11) is 0. The number of carbonyl (C=O) groups is 1. The Morgan fingerprint density at radius 3 is 3.05 bits per heavy atom. The first-order chi connectivity index (χ1) is 9.98. The Bertz CT molecular complexity index is 667. The van der Waals surface area contributed by atoms with Crippen molar-refractivity contribution >= 4 is 11.6 Å². The fourth-order valence-electron chi connectivity index (χ4n) is 2.83. The molecule has 0 spiro atoms. The molecule has 2 aromatic heterocycles. The molecule has 0 fully saturated rings. The number of nitrogens with one attached hydrogen (secondary N) is 2. The molecule has 2 heterocycles. The smallest absolute Gasteiger partial charge is 0.276 e. The predicted octanol–water partition coefficient (Wildman–Crippen LogP) is 2.39. The number of rotatable bonds is 3. The first-order valence-electron chi connectivity index (χ1n) is 7.38. The van der Waals surface area contributed by atoms with Crippen LogP contribution in [-0.4, -0.2) is 25.9 Å². The van der Waals surface area contributed by atoms with Crippen molar-refractivity contribution in [1.82, 2.24) is 20.0 Å². The van der Waals surface area contributed by atoms with Crippen molar-refractivity contribution in [3.63, 3.8) is 0 Å². The minimum atomic E-state index is -0.164. The van der Waals surface area contributed by atoms with E-state index in [9.17, 15) is 4.79 Å². The number of carbonyl (C=O) groups excluding carboxylic acids is 1. The molecule has 6 nitrogen and oxygen atoms in total. The molecular formula is C15H21N5O. The zero-order chi connectivity index (χ0) is 15.0. The number of aryl methyl sites for hydroxylation is 1. The lowest BCUT2D eigenvalue weighted by Crippen LogP contribution is -2.23. The molecule has 3 rings (SSSR count). The largest absolute Gasteiger partial charge is 0.318 e. The number of aromatic amines is 1. The van der Waals surface area contributed by atoms with Gasteiger partial charge < -0.3 is 5.32 Å². The van der Waals surface area contributed by atoms with Gasteiger partial charge in [0.25, 0.3) is 5.91 Å². The average molecular weight is 287 g/mol. The van der Waals surface area contributed by atoms with Crippen LogP contribution in [0, 0.1) is 5.41 Å². The molecule has 0 saturated heterocycles. The van der Waals surface area contributed by atoms with Crippen LogP contribution in [0.1, 0.15) is 48.9 Å². The van der Waals surface area contributed by atoms with Gasteiger partial charge in [-0.1, -0.05) is 13.8 Å². The Balaban J connectivity index is 1.78. The third kappa shape index (κ3) is 2.70. The van der Waals surface area contributed by atoms with Crippen LogP contribution < -0.4 is 5.32 Å². The van der Waals surface area contributed by atoms with Gasteiger partial charge in [0, 0.05) is 24.0 Å². The highest BCUT2D eigenvalue weighted by Crippen LogP contribution is 2.35. The van der Waals surface area contributed by atoms with E-state index in [2.05, 4.69) is 34.5 Å². The second kappa shape index (κ2) is 5.02. The van der Waals surface area contributed by atoms with Crippen LogP contribution in [0.2, 0.25) is 0 Å². The van der Waals surface area contributed by atoms with Crippen molar-refractivity contribution in [2.24, 2.45) is 5.41 Å². The van der Waals surface area contributed by atoms with Crippen molar-refractivity contribution in [3.8, 4) is 0 Å². The zero-order valence-electron chi connectivity index (χ0n) is 12.7. The standard InChI is InChI=1S/C15H21N5O/c1-4-20-9-10(8-16-20)17-14(21)13-11-5-6-15(2,3)7-12(11)18-19-13/h8-9H,4-7H2,1-3H3,(H,17,21)(H,18,19). The van der Waals surface area contributed by atoms with Gasteiger partial charge in [0.05, 0.1) is 11.9 Å². The number of hydrogen-bond donors (Lipinski definition) is 2. The number of anilines is 1. The summed E-state index contributed by atoms with van der Waals surface area (Å²) in [5, 5.41) is 14.3. The lowest BCUT2D eigenvalue weighted by Gasteiger charge is -2.28. The number of fused-ring (bicyclic) bond motifs is 1. The Kier molecular flexibility index (Phi) is 3.31. The van der Waals surface area contributed by atoms with E-state index in [1.807, 2.05) is 13.1 Å². The molecule has 2 aromatic rings. The van der Waals surface area contributed by atoms with Crippen LogP contribution in [0.25, 0.3) is 0 Å². The zero-order valence-corrected chi connectivity index (χ0v) is 12.7. The van der Waals surface area contributed by atoms with Gasteiger partial charge >= 0.3 is 0 Å². The van der Waals surface area contributed by atoms with Crippen molar-refractivity contribution in [3.05, 3.63) is 29.3 Å². The van der Waals surface area contributed by atoms with Gasteiger partial charge in [-0.25, -0.2) is 0 Å². The summed E-state index contributed by atoms with van der Waals surface area (Å²) in [6.07, 6.45) is 6.39. The summed E-state index contributed by atoms with van der Waals surface area (Å²) < 4.78 is 1.78. The molecule has 0 aliphatic heterocycles. The third-order valence-corrected chi connectivity index (χ3v) is 4.09. The number of amides is 1. The maximum absolute atomic E-state index is 12.4. The van der Waals surface area contributed by atoms with Gasteiger partial charge in [0.1, 0.15) is 0 Å². The highest BCUT2D eigenvalue weighted by Gasteiger charge is 2.30.